The van der Waals surface area contributed by atoms with Gasteiger partial charge in [-0.15, -0.1) is 0 Å². The third kappa shape index (κ3) is 6.06. The quantitative estimate of drug-likeness (QED) is 0.696. The van der Waals surface area contributed by atoms with Gasteiger partial charge in [0.05, 0.1) is 26.2 Å². The van der Waals surface area contributed by atoms with Crippen LogP contribution in [-0.2, 0) is 27.5 Å². The van der Waals surface area contributed by atoms with Crippen LogP contribution >= 0.6 is 0 Å². The van der Waals surface area contributed by atoms with E-state index in [9.17, 15) is 14.7 Å². The molecule has 2 unspecified atom stereocenters. The van der Waals surface area contributed by atoms with Crippen LogP contribution in [0.4, 0.5) is 5.69 Å². The van der Waals surface area contributed by atoms with Crippen molar-refractivity contribution in [1.29, 1.82) is 0 Å². The van der Waals surface area contributed by atoms with Crippen molar-refractivity contribution in [1.82, 2.24) is 0 Å². The molecule has 0 aliphatic heterocycles. The summed E-state index contributed by atoms with van der Waals surface area (Å²) in [7, 11) is 1.63. The maximum absolute atomic E-state index is 12.6. The average molecular weight is 397 g/mol. The summed E-state index contributed by atoms with van der Waals surface area (Å²) in [5, 5.41) is 12.1. The topological polar surface area (TPSA) is 84.9 Å². The van der Waals surface area contributed by atoms with Gasteiger partial charge in [-0.1, -0.05) is 30.7 Å². The summed E-state index contributed by atoms with van der Waals surface area (Å²) in [6, 6.07) is 15.3. The molecule has 2 N–H and O–H groups in total. The van der Waals surface area contributed by atoms with Crippen LogP contribution in [0, 0.1) is 11.8 Å². The minimum Gasteiger partial charge on any atom is -0.497 e. The van der Waals surface area contributed by atoms with Crippen LogP contribution in [0.5, 0.6) is 5.75 Å². The fourth-order valence-corrected chi connectivity index (χ4v) is 3.64. The zero-order chi connectivity index (χ0) is 20.6. The van der Waals surface area contributed by atoms with Gasteiger partial charge in [-0.25, -0.2) is 0 Å². The summed E-state index contributed by atoms with van der Waals surface area (Å²) in [5.41, 5.74) is 2.72. The van der Waals surface area contributed by atoms with Crippen LogP contribution in [0.3, 0.4) is 0 Å². The lowest BCUT2D eigenvalue weighted by Gasteiger charge is -2.25. The number of anilines is 1. The first-order chi connectivity index (χ1) is 14.0. The summed E-state index contributed by atoms with van der Waals surface area (Å²) in [4.78, 5) is 23.8. The first-order valence-electron chi connectivity index (χ1n) is 9.88. The molecule has 0 aromatic heterocycles. The van der Waals surface area contributed by atoms with E-state index in [4.69, 9.17) is 9.47 Å². The monoisotopic (exact) mass is 397 g/mol. The highest BCUT2D eigenvalue weighted by atomic mass is 16.5. The Morgan fingerprint density at radius 2 is 1.76 bits per heavy atom. The van der Waals surface area contributed by atoms with E-state index in [1.807, 2.05) is 48.5 Å². The maximum atomic E-state index is 12.6. The van der Waals surface area contributed by atoms with Gasteiger partial charge in [0, 0.05) is 11.6 Å². The first-order valence-corrected chi connectivity index (χ1v) is 9.88. The SMILES string of the molecule is COc1ccc(COCc2cccc(NC(=O)C3CCCC(C(=O)O)C3)c2)cc1. The number of carbonyl (C=O) groups excluding carboxylic acids is 1. The summed E-state index contributed by atoms with van der Waals surface area (Å²) in [6.45, 7) is 0.916. The third-order valence-corrected chi connectivity index (χ3v) is 5.29. The van der Waals surface area contributed by atoms with Crippen molar-refractivity contribution in [2.45, 2.75) is 38.9 Å². The second-order valence-electron chi connectivity index (χ2n) is 7.43. The largest absolute Gasteiger partial charge is 0.497 e. The average Bonchev–Trinajstić information content (AvgIpc) is 2.74. The highest BCUT2D eigenvalue weighted by Crippen LogP contribution is 2.30. The Kier molecular flexibility index (Phi) is 7.25. The highest BCUT2D eigenvalue weighted by Gasteiger charge is 2.31. The van der Waals surface area contributed by atoms with E-state index in [-0.39, 0.29) is 11.8 Å². The van der Waals surface area contributed by atoms with Gasteiger partial charge in [0.15, 0.2) is 0 Å². The molecular formula is C23H27NO5. The lowest BCUT2D eigenvalue weighted by molar-refractivity contribution is -0.143. The van der Waals surface area contributed by atoms with Crippen molar-refractivity contribution in [3.8, 4) is 5.75 Å². The van der Waals surface area contributed by atoms with Crippen molar-refractivity contribution in [2.24, 2.45) is 11.8 Å². The van der Waals surface area contributed by atoms with Crippen LogP contribution in [0.2, 0.25) is 0 Å². The van der Waals surface area contributed by atoms with Gasteiger partial charge in [0.2, 0.25) is 5.91 Å². The molecule has 0 spiro atoms. The number of nitrogens with one attached hydrogen (secondary N) is 1. The molecule has 1 fully saturated rings. The Morgan fingerprint density at radius 1 is 1.03 bits per heavy atom. The van der Waals surface area contributed by atoms with E-state index in [1.54, 1.807) is 7.11 Å². The van der Waals surface area contributed by atoms with Gasteiger partial charge < -0.3 is 19.9 Å². The van der Waals surface area contributed by atoms with Gasteiger partial charge >= 0.3 is 5.97 Å². The Morgan fingerprint density at radius 3 is 2.48 bits per heavy atom. The smallest absolute Gasteiger partial charge is 0.306 e. The van der Waals surface area contributed by atoms with Crippen molar-refractivity contribution < 1.29 is 24.2 Å². The molecule has 0 saturated heterocycles. The molecule has 3 rings (SSSR count). The molecule has 6 heteroatoms. The second-order valence-corrected chi connectivity index (χ2v) is 7.43. The maximum Gasteiger partial charge on any atom is 0.306 e. The lowest BCUT2D eigenvalue weighted by atomic mass is 9.81. The van der Waals surface area contributed by atoms with E-state index in [2.05, 4.69) is 5.32 Å². The minimum atomic E-state index is -0.807. The number of methoxy groups -OCH3 is 1. The van der Waals surface area contributed by atoms with E-state index >= 15 is 0 Å². The summed E-state index contributed by atoms with van der Waals surface area (Å²) in [6.07, 6.45) is 2.57. The minimum absolute atomic E-state index is 0.104. The molecule has 1 saturated carbocycles. The molecule has 2 aromatic rings. The number of ether oxygens (including phenoxy) is 2. The van der Waals surface area contributed by atoms with Crippen molar-refractivity contribution in [3.05, 3.63) is 59.7 Å². The number of carbonyl (C=O) groups is 2. The van der Waals surface area contributed by atoms with Gasteiger partial charge in [-0.05, 0) is 54.7 Å². The molecular weight excluding hydrogens is 370 g/mol. The predicted molar refractivity (Wildman–Crippen MR) is 110 cm³/mol. The number of hydrogen-bond donors (Lipinski definition) is 2. The van der Waals surface area contributed by atoms with Gasteiger partial charge in [-0.2, -0.15) is 0 Å². The number of benzene rings is 2. The fourth-order valence-electron chi connectivity index (χ4n) is 3.64. The third-order valence-electron chi connectivity index (χ3n) is 5.29. The molecule has 1 amide bonds. The zero-order valence-corrected chi connectivity index (χ0v) is 16.6. The zero-order valence-electron chi connectivity index (χ0n) is 16.6. The van der Waals surface area contributed by atoms with Crippen LogP contribution in [-0.4, -0.2) is 24.1 Å². The molecule has 2 atom stereocenters. The number of rotatable bonds is 8. The molecule has 0 bridgehead atoms. The van der Waals surface area contributed by atoms with Gasteiger partial charge in [0.25, 0.3) is 0 Å². The summed E-state index contributed by atoms with van der Waals surface area (Å²) in [5.74, 6) is -0.771. The van der Waals surface area contributed by atoms with Gasteiger partial charge in [-0.3, -0.25) is 9.59 Å². The first kappa shape index (κ1) is 20.9. The summed E-state index contributed by atoms with van der Waals surface area (Å²) < 4.78 is 10.9. The molecule has 29 heavy (non-hydrogen) atoms. The van der Waals surface area contributed by atoms with Crippen molar-refractivity contribution in [3.63, 3.8) is 0 Å². The molecule has 1 aliphatic rings. The standard InChI is InChI=1S/C23H27NO5/c1-28-21-10-8-16(9-11-21)14-29-15-17-4-2-7-20(12-17)24-22(25)18-5-3-6-19(13-18)23(26)27/h2,4,7-12,18-19H,3,5-6,13-15H2,1H3,(H,24,25)(H,26,27). The number of aliphatic carboxylic acids is 1. The Labute approximate surface area is 170 Å². The normalized spacial score (nSPS) is 18.8. The molecule has 6 nitrogen and oxygen atoms in total. The second kappa shape index (κ2) is 10.1. The molecule has 1 aliphatic carbocycles. The van der Waals surface area contributed by atoms with Gasteiger partial charge in [0.1, 0.15) is 5.75 Å². The number of carboxylic acids is 1. The van der Waals surface area contributed by atoms with Crippen LogP contribution in [0.25, 0.3) is 0 Å². The molecule has 0 heterocycles. The Hall–Kier alpha value is -2.86. The van der Waals surface area contributed by atoms with Crippen molar-refractivity contribution in [2.75, 3.05) is 12.4 Å². The van der Waals surface area contributed by atoms with E-state index in [1.165, 1.54) is 0 Å². The van der Waals surface area contributed by atoms with E-state index < -0.39 is 11.9 Å². The van der Waals surface area contributed by atoms with Crippen LogP contribution < -0.4 is 10.1 Å². The van der Waals surface area contributed by atoms with E-state index in [0.717, 1.165) is 29.7 Å². The lowest BCUT2D eigenvalue weighted by Crippen LogP contribution is -2.30. The molecule has 0 radical (unpaired) electrons. The van der Waals surface area contributed by atoms with E-state index in [0.29, 0.717) is 31.7 Å². The fraction of sp³-hybridized carbons (Fsp3) is 0.391. The Bertz CT molecular complexity index is 833. The number of carboxylic acid groups (broad SMARTS) is 1. The molecule has 154 valence electrons. The van der Waals surface area contributed by atoms with Crippen LogP contribution in [0.1, 0.15) is 36.8 Å². The highest BCUT2D eigenvalue weighted by molar-refractivity contribution is 5.93. The van der Waals surface area contributed by atoms with Crippen molar-refractivity contribution >= 4 is 17.6 Å². The van der Waals surface area contributed by atoms with Crippen LogP contribution in [0.15, 0.2) is 48.5 Å². The Balaban J connectivity index is 1.50. The number of amides is 1. The summed E-state index contributed by atoms with van der Waals surface area (Å²) >= 11 is 0. The predicted octanol–water partition coefficient (Wildman–Crippen LogP) is 4.24. The number of hydrogen-bond acceptors (Lipinski definition) is 4. The molecule has 2 aromatic carbocycles.